The van der Waals surface area contributed by atoms with Gasteiger partial charge in [-0.25, -0.2) is 13.2 Å². The van der Waals surface area contributed by atoms with Crippen LogP contribution in [0.2, 0.25) is 0 Å². The van der Waals surface area contributed by atoms with Crippen molar-refractivity contribution in [3.63, 3.8) is 0 Å². The Labute approximate surface area is 216 Å². The van der Waals surface area contributed by atoms with Gasteiger partial charge in [0, 0.05) is 16.7 Å². The number of allylic oxidation sites excluding steroid dienone is 3. The van der Waals surface area contributed by atoms with Gasteiger partial charge >= 0.3 is 0 Å². The fourth-order valence-corrected chi connectivity index (χ4v) is 4.84. The molecule has 4 rings (SSSR count). The Hall–Kier alpha value is -3.34. The molecule has 0 amide bonds. The second-order valence-corrected chi connectivity index (χ2v) is 9.50. The van der Waals surface area contributed by atoms with Crippen LogP contribution in [0.15, 0.2) is 66.8 Å². The second kappa shape index (κ2) is 12.3. The monoisotopic (exact) mass is 508 g/mol. The molecule has 0 saturated heterocycles. The fourth-order valence-electron chi connectivity index (χ4n) is 4.84. The first kappa shape index (κ1) is 26.7. The van der Waals surface area contributed by atoms with Crippen LogP contribution in [0.3, 0.4) is 0 Å². The van der Waals surface area contributed by atoms with Crippen LogP contribution in [0.1, 0.15) is 57.9 Å². The third kappa shape index (κ3) is 5.98. The number of benzene rings is 3. The van der Waals surface area contributed by atoms with Crippen molar-refractivity contribution in [3.8, 4) is 28.0 Å². The lowest BCUT2D eigenvalue weighted by Crippen LogP contribution is -2.07. The summed E-state index contributed by atoms with van der Waals surface area (Å²) in [7, 11) is 0. The molecule has 0 fully saturated rings. The molecule has 1 aliphatic rings. The molecule has 1 unspecified atom stereocenters. The van der Waals surface area contributed by atoms with E-state index in [1.54, 1.807) is 55.5 Å². The highest BCUT2D eigenvalue weighted by atomic mass is 19.2. The van der Waals surface area contributed by atoms with Crippen molar-refractivity contribution in [2.75, 3.05) is 6.61 Å². The van der Waals surface area contributed by atoms with Crippen molar-refractivity contribution < 1.29 is 22.3 Å². The molecule has 0 spiro atoms. The summed E-state index contributed by atoms with van der Waals surface area (Å²) in [4.78, 5) is 0. The van der Waals surface area contributed by atoms with E-state index in [4.69, 9.17) is 4.74 Å². The van der Waals surface area contributed by atoms with Crippen LogP contribution in [0, 0.1) is 29.2 Å². The average molecular weight is 509 g/mol. The average Bonchev–Trinajstić information content (AvgIpc) is 2.92. The van der Waals surface area contributed by atoms with Gasteiger partial charge in [0.05, 0.1) is 0 Å². The third-order valence-corrected chi connectivity index (χ3v) is 7.04. The van der Waals surface area contributed by atoms with Crippen molar-refractivity contribution in [2.24, 2.45) is 5.92 Å². The van der Waals surface area contributed by atoms with Crippen molar-refractivity contribution >= 4 is 5.57 Å². The topological polar surface area (TPSA) is 9.23 Å². The van der Waals surface area contributed by atoms with Gasteiger partial charge in [-0.05, 0) is 60.9 Å². The number of halogens is 4. The minimum absolute atomic E-state index is 0.0610. The molecular formula is C32H32F4O. The van der Waals surface area contributed by atoms with E-state index in [-0.39, 0.29) is 23.5 Å². The normalized spacial score (nSPS) is 15.7. The Morgan fingerprint density at radius 1 is 0.811 bits per heavy atom. The summed E-state index contributed by atoms with van der Waals surface area (Å²) in [6, 6.07) is 12.4. The van der Waals surface area contributed by atoms with Crippen LogP contribution >= 0.6 is 0 Å². The molecule has 1 nitrogen and oxygen atoms in total. The predicted molar refractivity (Wildman–Crippen MR) is 142 cm³/mol. The SMILES string of the molecule is CC=CCOc1ccc(-c2ccc(-c3ccc(C4=CCC(CCCC)CC4)c(F)c3F)cc2)c(F)c1F. The molecule has 0 aliphatic heterocycles. The minimum atomic E-state index is -1.07. The minimum Gasteiger partial charge on any atom is -0.486 e. The van der Waals surface area contributed by atoms with Crippen LogP contribution in [0.5, 0.6) is 5.75 Å². The lowest BCUT2D eigenvalue weighted by Gasteiger charge is -2.22. The van der Waals surface area contributed by atoms with Crippen LogP contribution in [-0.4, -0.2) is 6.61 Å². The van der Waals surface area contributed by atoms with Gasteiger partial charge < -0.3 is 4.74 Å². The van der Waals surface area contributed by atoms with Crippen molar-refractivity contribution in [3.05, 3.63) is 95.6 Å². The summed E-state index contributed by atoms with van der Waals surface area (Å²) in [5.74, 6) is -3.39. The zero-order valence-electron chi connectivity index (χ0n) is 21.3. The number of rotatable bonds is 9. The van der Waals surface area contributed by atoms with Gasteiger partial charge in [0.2, 0.25) is 5.82 Å². The molecule has 0 radical (unpaired) electrons. The molecule has 0 heterocycles. The maximum Gasteiger partial charge on any atom is 0.201 e. The quantitative estimate of drug-likeness (QED) is 0.206. The summed E-state index contributed by atoms with van der Waals surface area (Å²) < 4.78 is 64.6. The Morgan fingerprint density at radius 2 is 1.41 bits per heavy atom. The van der Waals surface area contributed by atoms with Gasteiger partial charge in [-0.3, -0.25) is 0 Å². The number of hydrogen-bond acceptors (Lipinski definition) is 1. The third-order valence-electron chi connectivity index (χ3n) is 7.04. The smallest absolute Gasteiger partial charge is 0.201 e. The Balaban J connectivity index is 1.54. The van der Waals surface area contributed by atoms with Gasteiger partial charge in [-0.2, -0.15) is 4.39 Å². The number of ether oxygens (including phenoxy) is 1. The van der Waals surface area contributed by atoms with Gasteiger partial charge in [0.25, 0.3) is 0 Å². The Morgan fingerprint density at radius 3 is 2.00 bits per heavy atom. The first-order chi connectivity index (χ1) is 17.9. The molecule has 1 atom stereocenters. The van der Waals surface area contributed by atoms with Crippen molar-refractivity contribution in [1.82, 2.24) is 0 Å². The van der Waals surface area contributed by atoms with E-state index in [1.807, 2.05) is 0 Å². The van der Waals surface area contributed by atoms with Crippen molar-refractivity contribution in [1.29, 1.82) is 0 Å². The zero-order valence-corrected chi connectivity index (χ0v) is 21.3. The summed E-state index contributed by atoms with van der Waals surface area (Å²) in [5, 5.41) is 0. The fraction of sp³-hybridized carbons (Fsp3) is 0.312. The van der Waals surface area contributed by atoms with Gasteiger partial charge in [0.15, 0.2) is 23.2 Å². The van der Waals surface area contributed by atoms with Crippen LogP contribution in [0.25, 0.3) is 27.8 Å². The summed E-state index contributed by atoms with van der Waals surface area (Å²) >= 11 is 0. The molecule has 194 valence electrons. The standard InChI is InChI=1S/C32H32F4O/c1-3-5-7-21-8-10-22(11-9-21)25-16-17-26(30(34)29(25)33)23-12-14-24(15-13-23)27-18-19-28(32(36)31(27)35)37-20-6-4-2/h4,6,10,12-19,21H,3,5,7-9,11,20H2,1-2H3. The molecule has 0 N–H and O–H groups in total. The maximum atomic E-state index is 15.1. The van der Waals surface area contributed by atoms with E-state index in [2.05, 4.69) is 13.0 Å². The molecule has 3 aromatic rings. The maximum absolute atomic E-state index is 15.1. The molecule has 0 aromatic heterocycles. The van der Waals surface area contributed by atoms with E-state index in [0.717, 1.165) is 24.8 Å². The molecule has 1 aliphatic carbocycles. The van der Waals surface area contributed by atoms with Gasteiger partial charge in [-0.1, -0.05) is 80.8 Å². The van der Waals surface area contributed by atoms with Gasteiger partial charge in [0.1, 0.15) is 6.61 Å². The molecule has 0 saturated carbocycles. The highest BCUT2D eigenvalue weighted by Crippen LogP contribution is 2.37. The van der Waals surface area contributed by atoms with Crippen LogP contribution < -0.4 is 4.74 Å². The molecule has 37 heavy (non-hydrogen) atoms. The van der Waals surface area contributed by atoms with E-state index in [9.17, 15) is 8.78 Å². The predicted octanol–water partition coefficient (Wildman–Crippen LogP) is 9.91. The van der Waals surface area contributed by atoms with E-state index >= 15 is 8.78 Å². The Bertz CT molecular complexity index is 1290. The Kier molecular flexibility index (Phi) is 8.86. The molecule has 5 heteroatoms. The van der Waals surface area contributed by atoms with Crippen molar-refractivity contribution in [2.45, 2.75) is 52.4 Å². The summed E-state index contributed by atoms with van der Waals surface area (Å²) in [6.45, 7) is 4.12. The number of hydrogen-bond donors (Lipinski definition) is 0. The molecular weight excluding hydrogens is 476 g/mol. The first-order valence-electron chi connectivity index (χ1n) is 12.9. The van der Waals surface area contributed by atoms with E-state index in [1.165, 1.54) is 31.4 Å². The van der Waals surface area contributed by atoms with Crippen LogP contribution in [0.4, 0.5) is 17.6 Å². The lowest BCUT2D eigenvalue weighted by atomic mass is 9.83. The summed E-state index contributed by atoms with van der Waals surface area (Å²) in [6.07, 6.45) is 11.7. The largest absolute Gasteiger partial charge is 0.486 e. The lowest BCUT2D eigenvalue weighted by molar-refractivity contribution is 0.332. The highest BCUT2D eigenvalue weighted by molar-refractivity contribution is 5.74. The van der Waals surface area contributed by atoms with E-state index in [0.29, 0.717) is 22.6 Å². The first-order valence-corrected chi connectivity index (χ1v) is 12.9. The molecule has 3 aromatic carbocycles. The zero-order chi connectivity index (χ0) is 26.4. The second-order valence-electron chi connectivity index (χ2n) is 9.50. The van der Waals surface area contributed by atoms with Crippen LogP contribution in [-0.2, 0) is 0 Å². The van der Waals surface area contributed by atoms with E-state index < -0.39 is 23.3 Å². The number of unbranched alkanes of at least 4 members (excludes halogenated alkanes) is 1. The van der Waals surface area contributed by atoms with Gasteiger partial charge in [-0.15, -0.1) is 0 Å². The summed E-state index contributed by atoms with van der Waals surface area (Å²) in [5.41, 5.74) is 2.25. The molecule has 0 bridgehead atoms. The highest BCUT2D eigenvalue weighted by Gasteiger charge is 2.21.